The first kappa shape index (κ1) is 11.5. The molecule has 78 valence electrons. The summed E-state index contributed by atoms with van der Waals surface area (Å²) in [5.41, 5.74) is 1.08. The summed E-state index contributed by atoms with van der Waals surface area (Å²) in [6.07, 6.45) is 3.68. The summed E-state index contributed by atoms with van der Waals surface area (Å²) >= 11 is 1.58. The fourth-order valence-electron chi connectivity index (χ4n) is 1.08. The summed E-state index contributed by atoms with van der Waals surface area (Å²) in [5.74, 6) is 0. The molecule has 4 heteroatoms. The Morgan fingerprint density at radius 1 is 1.50 bits per heavy atom. The Bertz CT molecular complexity index is 281. The summed E-state index contributed by atoms with van der Waals surface area (Å²) in [6.45, 7) is 4.29. The zero-order chi connectivity index (χ0) is 10.4. The van der Waals surface area contributed by atoms with Gasteiger partial charge in [0, 0.05) is 10.9 Å². The maximum absolute atomic E-state index is 8.90. The van der Waals surface area contributed by atoms with Gasteiger partial charge in [-0.3, -0.25) is 0 Å². The molecule has 1 N–H and O–H groups in total. The van der Waals surface area contributed by atoms with Crippen molar-refractivity contribution < 1.29 is 5.11 Å². The van der Waals surface area contributed by atoms with Crippen LogP contribution in [0.2, 0.25) is 0 Å². The van der Waals surface area contributed by atoms with Crippen LogP contribution in [-0.4, -0.2) is 26.9 Å². The van der Waals surface area contributed by atoms with Crippen LogP contribution in [0.1, 0.15) is 26.0 Å². The van der Waals surface area contributed by atoms with Gasteiger partial charge in [-0.15, -0.1) is 11.8 Å². The van der Waals surface area contributed by atoms with E-state index < -0.39 is 0 Å². The Balaban J connectivity index is 2.63. The highest BCUT2D eigenvalue weighted by Gasteiger charge is 2.04. The van der Waals surface area contributed by atoms with Crippen LogP contribution >= 0.6 is 11.8 Å². The molecule has 0 spiro atoms. The van der Waals surface area contributed by atoms with E-state index in [1.807, 2.05) is 13.0 Å². The van der Waals surface area contributed by atoms with E-state index in [9.17, 15) is 0 Å². The van der Waals surface area contributed by atoms with Crippen molar-refractivity contribution in [2.45, 2.75) is 37.0 Å². The highest BCUT2D eigenvalue weighted by molar-refractivity contribution is 7.99. The number of thioether (sulfide) groups is 1. The van der Waals surface area contributed by atoms with Gasteiger partial charge in [-0.2, -0.15) is 0 Å². The lowest BCUT2D eigenvalue weighted by molar-refractivity contribution is 0.300. The lowest BCUT2D eigenvalue weighted by Gasteiger charge is -2.06. The van der Waals surface area contributed by atoms with Crippen LogP contribution in [0.4, 0.5) is 0 Å². The molecule has 0 aromatic carbocycles. The topological polar surface area (TPSA) is 46.0 Å². The number of hydrogen-bond donors (Lipinski definition) is 1. The van der Waals surface area contributed by atoms with E-state index in [0.29, 0.717) is 0 Å². The molecule has 0 saturated heterocycles. The smallest absolute Gasteiger partial charge is 0.116 e. The Labute approximate surface area is 89.0 Å². The Hall–Kier alpha value is -0.610. The van der Waals surface area contributed by atoms with Crippen LogP contribution in [-0.2, 0) is 6.42 Å². The van der Waals surface area contributed by atoms with Crippen molar-refractivity contribution in [2.75, 3.05) is 6.61 Å². The predicted molar refractivity (Wildman–Crippen MR) is 58.4 cm³/mol. The van der Waals surface area contributed by atoms with Crippen molar-refractivity contribution in [1.82, 2.24) is 9.97 Å². The van der Waals surface area contributed by atoms with Crippen molar-refractivity contribution in [3.05, 3.63) is 18.1 Å². The Morgan fingerprint density at radius 2 is 2.29 bits per heavy atom. The maximum Gasteiger partial charge on any atom is 0.116 e. The number of hydrogen-bond acceptors (Lipinski definition) is 4. The molecule has 0 radical (unpaired) electrons. The molecule has 1 aromatic heterocycles. The van der Waals surface area contributed by atoms with Gasteiger partial charge in [-0.25, -0.2) is 9.97 Å². The molecule has 0 aliphatic heterocycles. The van der Waals surface area contributed by atoms with Crippen LogP contribution in [0.15, 0.2) is 17.4 Å². The van der Waals surface area contributed by atoms with Gasteiger partial charge >= 0.3 is 0 Å². The van der Waals surface area contributed by atoms with Gasteiger partial charge in [0.2, 0.25) is 0 Å². The number of nitrogens with zero attached hydrogens (tertiary/aromatic N) is 2. The number of aliphatic hydroxyl groups is 1. The molecule has 1 atom stereocenters. The molecule has 0 saturated carbocycles. The van der Waals surface area contributed by atoms with Gasteiger partial charge in [0.1, 0.15) is 6.33 Å². The monoisotopic (exact) mass is 212 g/mol. The lowest BCUT2D eigenvalue weighted by Crippen LogP contribution is -2.02. The molecule has 1 rings (SSSR count). The summed E-state index contributed by atoms with van der Waals surface area (Å²) in [7, 11) is 0. The predicted octanol–water partition coefficient (Wildman–Crippen LogP) is 1.90. The van der Waals surface area contributed by atoms with Gasteiger partial charge in [-0.1, -0.05) is 20.3 Å². The van der Waals surface area contributed by atoms with E-state index in [4.69, 9.17) is 5.11 Å². The van der Waals surface area contributed by atoms with Crippen molar-refractivity contribution >= 4 is 11.8 Å². The second-order valence-corrected chi connectivity index (χ2v) is 4.67. The minimum atomic E-state index is 0.178. The lowest BCUT2D eigenvalue weighted by atomic mass is 10.2. The second-order valence-electron chi connectivity index (χ2n) is 3.21. The summed E-state index contributed by atoms with van der Waals surface area (Å²) in [5, 5.41) is 10.0. The van der Waals surface area contributed by atoms with E-state index in [0.717, 1.165) is 23.6 Å². The molecule has 0 aliphatic carbocycles. The third-order valence-electron chi connectivity index (χ3n) is 1.78. The van der Waals surface area contributed by atoms with Crippen LogP contribution in [0.25, 0.3) is 0 Å². The van der Waals surface area contributed by atoms with Crippen molar-refractivity contribution in [2.24, 2.45) is 0 Å². The largest absolute Gasteiger partial charge is 0.395 e. The first-order valence-corrected chi connectivity index (χ1v) is 5.72. The Kier molecular flexibility index (Phi) is 4.90. The number of rotatable bonds is 5. The fourth-order valence-corrected chi connectivity index (χ4v) is 1.88. The van der Waals surface area contributed by atoms with Gasteiger partial charge in [0.05, 0.1) is 11.6 Å². The van der Waals surface area contributed by atoms with E-state index in [1.54, 1.807) is 18.1 Å². The number of aromatic nitrogens is 2. The van der Waals surface area contributed by atoms with E-state index in [2.05, 4.69) is 16.9 Å². The minimum Gasteiger partial charge on any atom is -0.395 e. The highest BCUT2D eigenvalue weighted by atomic mass is 32.2. The first-order chi connectivity index (χ1) is 6.76. The van der Waals surface area contributed by atoms with Crippen molar-refractivity contribution in [3.63, 3.8) is 0 Å². The summed E-state index contributed by atoms with van der Waals surface area (Å²) in [6, 6.07) is 2.00. The minimum absolute atomic E-state index is 0.178. The third-order valence-corrected chi connectivity index (χ3v) is 2.80. The first-order valence-electron chi connectivity index (χ1n) is 4.84. The second kappa shape index (κ2) is 5.98. The van der Waals surface area contributed by atoms with E-state index in [-0.39, 0.29) is 11.9 Å². The van der Waals surface area contributed by atoms with Crippen LogP contribution < -0.4 is 0 Å². The molecular weight excluding hydrogens is 196 g/mol. The molecule has 3 nitrogen and oxygen atoms in total. The van der Waals surface area contributed by atoms with Crippen LogP contribution in [0, 0.1) is 0 Å². The molecule has 1 heterocycles. The SMILES string of the molecule is CCCc1cc(SC(C)CO)ncn1. The third kappa shape index (κ3) is 3.64. The van der Waals surface area contributed by atoms with Gasteiger partial charge in [-0.05, 0) is 12.5 Å². The molecule has 0 fully saturated rings. The maximum atomic E-state index is 8.90. The summed E-state index contributed by atoms with van der Waals surface area (Å²) < 4.78 is 0. The standard InChI is InChI=1S/C10H16N2OS/c1-3-4-9-5-10(12-7-11-9)14-8(2)6-13/h5,7-8,13H,3-4,6H2,1-2H3. The van der Waals surface area contributed by atoms with E-state index >= 15 is 0 Å². The van der Waals surface area contributed by atoms with Crippen LogP contribution in [0.5, 0.6) is 0 Å². The molecule has 0 amide bonds. The fraction of sp³-hybridized carbons (Fsp3) is 0.600. The Morgan fingerprint density at radius 3 is 2.93 bits per heavy atom. The van der Waals surface area contributed by atoms with Crippen molar-refractivity contribution in [3.8, 4) is 0 Å². The van der Waals surface area contributed by atoms with Gasteiger partial charge in [0.25, 0.3) is 0 Å². The molecule has 14 heavy (non-hydrogen) atoms. The molecule has 0 aliphatic rings. The number of aryl methyl sites for hydroxylation is 1. The van der Waals surface area contributed by atoms with Gasteiger partial charge in [0.15, 0.2) is 0 Å². The average Bonchev–Trinajstić information content (AvgIpc) is 2.19. The quantitative estimate of drug-likeness (QED) is 0.598. The molecule has 0 bridgehead atoms. The van der Waals surface area contributed by atoms with Crippen LogP contribution in [0.3, 0.4) is 0 Å². The number of aliphatic hydroxyl groups excluding tert-OH is 1. The molecule has 1 aromatic rings. The van der Waals surface area contributed by atoms with Crippen molar-refractivity contribution in [1.29, 1.82) is 0 Å². The molecule has 1 unspecified atom stereocenters. The van der Waals surface area contributed by atoms with E-state index in [1.165, 1.54) is 0 Å². The highest BCUT2D eigenvalue weighted by Crippen LogP contribution is 2.20. The zero-order valence-corrected chi connectivity index (χ0v) is 9.42. The normalized spacial score (nSPS) is 12.8. The summed E-state index contributed by atoms with van der Waals surface area (Å²) in [4.78, 5) is 8.33. The average molecular weight is 212 g/mol. The molecular formula is C10H16N2OS. The van der Waals surface area contributed by atoms with Gasteiger partial charge < -0.3 is 5.11 Å². The zero-order valence-electron chi connectivity index (χ0n) is 8.60.